The maximum Gasteiger partial charge on any atom is 0.330 e. The zero-order valence-corrected chi connectivity index (χ0v) is 7.05. The molecule has 0 amide bonds. The molecule has 0 aliphatic heterocycles. The summed E-state index contributed by atoms with van der Waals surface area (Å²) in [5.74, 6) is -0.787. The van der Waals surface area contributed by atoms with Gasteiger partial charge in [0.2, 0.25) is 0 Å². The van der Waals surface area contributed by atoms with Gasteiger partial charge in [-0.25, -0.2) is 4.79 Å². The molecular formula is C9H14O2. The molecule has 0 atom stereocenters. The zero-order chi connectivity index (χ0) is 8.48. The molecule has 2 heteroatoms. The second-order valence-corrected chi connectivity index (χ2v) is 3.35. The van der Waals surface area contributed by atoms with E-state index in [2.05, 4.69) is 6.92 Å². The number of rotatable bonds is 3. The Morgan fingerprint density at radius 1 is 1.64 bits per heavy atom. The van der Waals surface area contributed by atoms with E-state index in [4.69, 9.17) is 5.11 Å². The van der Waals surface area contributed by atoms with Crippen LogP contribution in [0.25, 0.3) is 0 Å². The largest absolute Gasteiger partial charge is 0.478 e. The molecule has 1 fully saturated rings. The van der Waals surface area contributed by atoms with Gasteiger partial charge in [-0.05, 0) is 31.6 Å². The van der Waals surface area contributed by atoms with Gasteiger partial charge in [0, 0.05) is 5.57 Å². The SMILES string of the molecule is CCC1(C=C(C)C(=O)O)CC1. The Bertz CT molecular complexity index is 200. The molecule has 62 valence electrons. The Balaban J connectivity index is 2.64. The minimum Gasteiger partial charge on any atom is -0.478 e. The smallest absolute Gasteiger partial charge is 0.330 e. The topological polar surface area (TPSA) is 37.3 Å². The predicted molar refractivity (Wildman–Crippen MR) is 43.4 cm³/mol. The third-order valence-electron chi connectivity index (χ3n) is 2.46. The van der Waals surface area contributed by atoms with Gasteiger partial charge in [0.05, 0.1) is 0 Å². The molecule has 0 spiro atoms. The van der Waals surface area contributed by atoms with Crippen molar-refractivity contribution in [2.75, 3.05) is 0 Å². The van der Waals surface area contributed by atoms with Crippen LogP contribution in [-0.2, 0) is 4.79 Å². The van der Waals surface area contributed by atoms with E-state index < -0.39 is 5.97 Å². The summed E-state index contributed by atoms with van der Waals surface area (Å²) in [5.41, 5.74) is 0.743. The van der Waals surface area contributed by atoms with E-state index in [0.717, 1.165) is 19.3 Å². The van der Waals surface area contributed by atoms with E-state index in [0.29, 0.717) is 5.57 Å². The average Bonchev–Trinajstić information content (AvgIpc) is 2.69. The summed E-state index contributed by atoms with van der Waals surface area (Å²) in [6.45, 7) is 3.77. The van der Waals surface area contributed by atoms with Crippen LogP contribution < -0.4 is 0 Å². The van der Waals surface area contributed by atoms with Gasteiger partial charge in [0.25, 0.3) is 0 Å². The Morgan fingerprint density at radius 2 is 2.18 bits per heavy atom. The molecule has 0 saturated heterocycles. The molecule has 0 aromatic heterocycles. The van der Waals surface area contributed by atoms with Gasteiger partial charge in [-0.1, -0.05) is 13.0 Å². The number of hydrogen-bond acceptors (Lipinski definition) is 1. The van der Waals surface area contributed by atoms with Crippen LogP contribution in [0.2, 0.25) is 0 Å². The van der Waals surface area contributed by atoms with Gasteiger partial charge in [-0.15, -0.1) is 0 Å². The number of hydrogen-bond donors (Lipinski definition) is 1. The molecule has 0 aromatic rings. The Kier molecular flexibility index (Phi) is 2.03. The fourth-order valence-electron chi connectivity index (χ4n) is 1.28. The van der Waals surface area contributed by atoms with Crippen molar-refractivity contribution in [2.24, 2.45) is 5.41 Å². The van der Waals surface area contributed by atoms with Crippen molar-refractivity contribution in [3.05, 3.63) is 11.6 Å². The minimum atomic E-state index is -0.787. The maximum absolute atomic E-state index is 10.5. The summed E-state index contributed by atoms with van der Waals surface area (Å²) in [6.07, 6.45) is 5.30. The van der Waals surface area contributed by atoms with Gasteiger partial charge >= 0.3 is 5.97 Å². The van der Waals surface area contributed by atoms with Crippen molar-refractivity contribution in [2.45, 2.75) is 33.1 Å². The number of carboxylic acids is 1. The molecule has 1 rings (SSSR count). The van der Waals surface area contributed by atoms with Gasteiger partial charge in [0.1, 0.15) is 0 Å². The van der Waals surface area contributed by atoms with Gasteiger partial charge in [-0.3, -0.25) is 0 Å². The van der Waals surface area contributed by atoms with Crippen molar-refractivity contribution in [3.8, 4) is 0 Å². The molecule has 2 nitrogen and oxygen atoms in total. The van der Waals surface area contributed by atoms with Crippen molar-refractivity contribution in [1.82, 2.24) is 0 Å². The molecule has 0 unspecified atom stereocenters. The number of allylic oxidation sites excluding steroid dienone is 1. The summed E-state index contributed by atoms with van der Waals surface area (Å²) in [4.78, 5) is 10.5. The molecule has 11 heavy (non-hydrogen) atoms. The van der Waals surface area contributed by atoms with E-state index in [-0.39, 0.29) is 5.41 Å². The van der Waals surface area contributed by atoms with E-state index in [9.17, 15) is 4.79 Å². The molecule has 0 radical (unpaired) electrons. The average molecular weight is 154 g/mol. The third-order valence-corrected chi connectivity index (χ3v) is 2.46. The highest BCUT2D eigenvalue weighted by Gasteiger charge is 2.38. The molecular weight excluding hydrogens is 140 g/mol. The van der Waals surface area contributed by atoms with Crippen LogP contribution in [0.5, 0.6) is 0 Å². The molecule has 1 aliphatic carbocycles. The molecule has 0 bridgehead atoms. The summed E-state index contributed by atoms with van der Waals surface area (Å²) in [6, 6.07) is 0. The lowest BCUT2D eigenvalue weighted by Crippen LogP contribution is -2.01. The van der Waals surface area contributed by atoms with Crippen molar-refractivity contribution in [1.29, 1.82) is 0 Å². The maximum atomic E-state index is 10.5. The quantitative estimate of drug-likeness (QED) is 0.633. The lowest BCUT2D eigenvalue weighted by atomic mass is 10.0. The highest BCUT2D eigenvalue weighted by atomic mass is 16.4. The number of carboxylic acid groups (broad SMARTS) is 1. The van der Waals surface area contributed by atoms with Crippen LogP contribution in [0.1, 0.15) is 33.1 Å². The summed E-state index contributed by atoms with van der Waals surface area (Å²) < 4.78 is 0. The van der Waals surface area contributed by atoms with Crippen molar-refractivity contribution in [3.63, 3.8) is 0 Å². The highest BCUT2D eigenvalue weighted by molar-refractivity contribution is 5.86. The number of carbonyl (C=O) groups is 1. The monoisotopic (exact) mass is 154 g/mol. The zero-order valence-electron chi connectivity index (χ0n) is 7.05. The minimum absolute atomic E-state index is 0.252. The van der Waals surface area contributed by atoms with Crippen LogP contribution in [0.15, 0.2) is 11.6 Å². The van der Waals surface area contributed by atoms with E-state index in [1.807, 2.05) is 6.08 Å². The van der Waals surface area contributed by atoms with Crippen molar-refractivity contribution < 1.29 is 9.90 Å². The van der Waals surface area contributed by atoms with E-state index in [1.165, 1.54) is 0 Å². The Hall–Kier alpha value is -0.790. The fourth-order valence-corrected chi connectivity index (χ4v) is 1.28. The van der Waals surface area contributed by atoms with Gasteiger partial charge < -0.3 is 5.11 Å². The second-order valence-electron chi connectivity index (χ2n) is 3.35. The Morgan fingerprint density at radius 3 is 2.45 bits per heavy atom. The lowest BCUT2D eigenvalue weighted by molar-refractivity contribution is -0.132. The van der Waals surface area contributed by atoms with Gasteiger partial charge in [-0.2, -0.15) is 0 Å². The first kappa shape index (κ1) is 8.31. The predicted octanol–water partition coefficient (Wildman–Crippen LogP) is 2.21. The summed E-state index contributed by atoms with van der Waals surface area (Å²) in [7, 11) is 0. The van der Waals surface area contributed by atoms with Crippen LogP contribution in [0, 0.1) is 5.41 Å². The fraction of sp³-hybridized carbons (Fsp3) is 0.667. The normalized spacial score (nSPS) is 21.5. The van der Waals surface area contributed by atoms with E-state index >= 15 is 0 Å². The summed E-state index contributed by atoms with van der Waals surface area (Å²) in [5, 5.41) is 8.60. The second kappa shape index (κ2) is 2.68. The van der Waals surface area contributed by atoms with Crippen molar-refractivity contribution >= 4 is 5.97 Å². The molecule has 0 aromatic carbocycles. The molecule has 1 aliphatic rings. The van der Waals surface area contributed by atoms with Crippen LogP contribution in [0.4, 0.5) is 0 Å². The van der Waals surface area contributed by atoms with E-state index in [1.54, 1.807) is 6.92 Å². The first-order chi connectivity index (χ1) is 5.09. The standard InChI is InChI=1S/C9H14O2/c1-3-9(4-5-9)6-7(2)8(10)11/h6H,3-5H2,1-2H3,(H,10,11). The van der Waals surface area contributed by atoms with Crippen LogP contribution >= 0.6 is 0 Å². The number of aliphatic carboxylic acids is 1. The lowest BCUT2D eigenvalue weighted by Gasteiger charge is -2.05. The highest BCUT2D eigenvalue weighted by Crippen LogP contribution is 2.50. The third kappa shape index (κ3) is 1.82. The molecule has 1 saturated carbocycles. The molecule has 1 N–H and O–H groups in total. The Labute approximate surface area is 66.9 Å². The summed E-state index contributed by atoms with van der Waals surface area (Å²) >= 11 is 0. The van der Waals surface area contributed by atoms with Crippen LogP contribution in [-0.4, -0.2) is 11.1 Å². The van der Waals surface area contributed by atoms with Crippen LogP contribution in [0.3, 0.4) is 0 Å². The first-order valence-corrected chi connectivity index (χ1v) is 4.02. The first-order valence-electron chi connectivity index (χ1n) is 4.02. The van der Waals surface area contributed by atoms with Gasteiger partial charge in [0.15, 0.2) is 0 Å². The molecule has 0 heterocycles.